The lowest BCUT2D eigenvalue weighted by atomic mass is 10.2. The molecule has 0 saturated heterocycles. The predicted octanol–water partition coefficient (Wildman–Crippen LogP) is 3.97. The van der Waals surface area contributed by atoms with Crippen LogP contribution in [0, 0.1) is 6.92 Å². The first-order valence-corrected chi connectivity index (χ1v) is 9.76. The summed E-state index contributed by atoms with van der Waals surface area (Å²) in [6.07, 6.45) is 1.21. The van der Waals surface area contributed by atoms with Gasteiger partial charge in [-0.1, -0.05) is 60.3 Å². The Hall–Kier alpha value is -2.57. The van der Waals surface area contributed by atoms with Crippen molar-refractivity contribution in [1.29, 1.82) is 0 Å². The van der Waals surface area contributed by atoms with E-state index in [9.17, 15) is 5.11 Å². The maximum atomic E-state index is 10.3. The summed E-state index contributed by atoms with van der Waals surface area (Å²) in [5.41, 5.74) is 2.13. The summed E-state index contributed by atoms with van der Waals surface area (Å²) >= 11 is 1.46. The summed E-state index contributed by atoms with van der Waals surface area (Å²) in [6, 6.07) is 17.7. The molecule has 3 aromatic rings. The third kappa shape index (κ3) is 5.21. The maximum Gasteiger partial charge on any atom is 0.191 e. The summed E-state index contributed by atoms with van der Waals surface area (Å²) in [5, 5.41) is 19.6. The van der Waals surface area contributed by atoms with Gasteiger partial charge in [0.2, 0.25) is 0 Å². The number of hydrogen-bond acceptors (Lipinski definition) is 5. The van der Waals surface area contributed by atoms with Crippen molar-refractivity contribution >= 4 is 11.8 Å². The molecule has 0 aliphatic heterocycles. The third-order valence-electron chi connectivity index (χ3n) is 3.90. The van der Waals surface area contributed by atoms with Crippen LogP contribution in [0.2, 0.25) is 0 Å². The molecule has 0 aliphatic carbocycles. The predicted molar refractivity (Wildman–Crippen MR) is 109 cm³/mol. The molecular formula is C21H23N3O2S. The van der Waals surface area contributed by atoms with Gasteiger partial charge in [-0.25, -0.2) is 0 Å². The van der Waals surface area contributed by atoms with Gasteiger partial charge in [0.1, 0.15) is 12.4 Å². The second kappa shape index (κ2) is 9.39. The molecule has 0 spiro atoms. The third-order valence-corrected chi connectivity index (χ3v) is 5.01. The quantitative estimate of drug-likeness (QED) is 0.449. The fourth-order valence-electron chi connectivity index (χ4n) is 2.61. The number of nitrogens with zero attached hydrogens (tertiary/aromatic N) is 3. The molecule has 0 unspecified atom stereocenters. The first kappa shape index (κ1) is 19.2. The van der Waals surface area contributed by atoms with Crippen molar-refractivity contribution in [2.75, 3.05) is 12.4 Å². The second-order valence-corrected chi connectivity index (χ2v) is 7.15. The van der Waals surface area contributed by atoms with Gasteiger partial charge in [-0.3, -0.25) is 4.57 Å². The van der Waals surface area contributed by atoms with Gasteiger partial charge < -0.3 is 9.84 Å². The Morgan fingerprint density at radius 1 is 1.19 bits per heavy atom. The van der Waals surface area contributed by atoms with Gasteiger partial charge in [0.05, 0.1) is 6.10 Å². The van der Waals surface area contributed by atoms with E-state index in [2.05, 4.69) is 16.8 Å². The summed E-state index contributed by atoms with van der Waals surface area (Å²) in [7, 11) is 0. The van der Waals surface area contributed by atoms with E-state index >= 15 is 0 Å². The Morgan fingerprint density at radius 3 is 2.74 bits per heavy atom. The van der Waals surface area contributed by atoms with Crippen LogP contribution in [0.5, 0.6) is 5.75 Å². The van der Waals surface area contributed by atoms with Crippen LogP contribution in [0.3, 0.4) is 0 Å². The highest BCUT2D eigenvalue weighted by Crippen LogP contribution is 2.24. The largest absolute Gasteiger partial charge is 0.491 e. The van der Waals surface area contributed by atoms with Gasteiger partial charge in [-0.15, -0.1) is 16.8 Å². The first-order valence-electron chi connectivity index (χ1n) is 8.77. The van der Waals surface area contributed by atoms with E-state index in [0.29, 0.717) is 12.3 Å². The minimum Gasteiger partial charge on any atom is -0.491 e. The summed E-state index contributed by atoms with van der Waals surface area (Å²) in [6.45, 7) is 6.67. The average molecular weight is 382 g/mol. The van der Waals surface area contributed by atoms with Crippen molar-refractivity contribution < 1.29 is 9.84 Å². The van der Waals surface area contributed by atoms with Crippen LogP contribution in [-0.2, 0) is 6.54 Å². The van der Waals surface area contributed by atoms with Crippen molar-refractivity contribution in [3.63, 3.8) is 0 Å². The van der Waals surface area contributed by atoms with Crippen molar-refractivity contribution in [1.82, 2.24) is 14.8 Å². The minimum atomic E-state index is -0.607. The van der Waals surface area contributed by atoms with Gasteiger partial charge >= 0.3 is 0 Å². The summed E-state index contributed by atoms with van der Waals surface area (Å²) in [4.78, 5) is 0. The van der Waals surface area contributed by atoms with Crippen LogP contribution in [0.15, 0.2) is 72.4 Å². The number of aliphatic hydroxyl groups is 1. The summed E-state index contributed by atoms with van der Waals surface area (Å²) < 4.78 is 7.67. The number of benzene rings is 2. The standard InChI is InChI=1S/C21H23N3O2S/c1-3-12-24-20(17-9-5-4-6-10-17)22-23-21(24)27-15-18(25)14-26-19-11-7-8-16(2)13-19/h3-11,13,18,25H,1,12,14-15H2,2H3/t18-/m0/s1. The lowest BCUT2D eigenvalue weighted by Crippen LogP contribution is -2.20. The van der Waals surface area contributed by atoms with E-state index < -0.39 is 6.10 Å². The van der Waals surface area contributed by atoms with Crippen LogP contribution in [0.1, 0.15) is 5.56 Å². The second-order valence-electron chi connectivity index (χ2n) is 6.16. The Labute approximate surface area is 163 Å². The zero-order valence-electron chi connectivity index (χ0n) is 15.3. The Kier molecular flexibility index (Phi) is 6.68. The van der Waals surface area contributed by atoms with E-state index in [4.69, 9.17) is 4.74 Å². The lowest BCUT2D eigenvalue weighted by molar-refractivity contribution is 0.126. The van der Waals surface area contributed by atoms with Crippen molar-refractivity contribution in [2.45, 2.75) is 24.7 Å². The van der Waals surface area contributed by atoms with Crippen molar-refractivity contribution in [3.8, 4) is 17.1 Å². The smallest absolute Gasteiger partial charge is 0.191 e. The number of thioether (sulfide) groups is 1. The molecule has 0 radical (unpaired) electrons. The van der Waals surface area contributed by atoms with Crippen LogP contribution < -0.4 is 4.74 Å². The molecular weight excluding hydrogens is 358 g/mol. The molecule has 0 aliphatic rings. The van der Waals surface area contributed by atoms with Crippen LogP contribution in [-0.4, -0.2) is 38.3 Å². The monoisotopic (exact) mass is 381 g/mol. The van der Waals surface area contributed by atoms with E-state index in [1.165, 1.54) is 11.8 Å². The molecule has 5 nitrogen and oxygen atoms in total. The maximum absolute atomic E-state index is 10.3. The van der Waals surface area contributed by atoms with Gasteiger partial charge in [-0.05, 0) is 24.6 Å². The zero-order chi connectivity index (χ0) is 19.1. The molecule has 2 aromatic carbocycles. The molecule has 140 valence electrons. The number of ether oxygens (including phenoxy) is 1. The minimum absolute atomic E-state index is 0.234. The van der Waals surface area contributed by atoms with E-state index in [1.54, 1.807) is 0 Å². The molecule has 0 bridgehead atoms. The number of hydrogen-bond donors (Lipinski definition) is 1. The zero-order valence-corrected chi connectivity index (χ0v) is 16.1. The average Bonchev–Trinajstić information content (AvgIpc) is 3.08. The number of allylic oxidation sites excluding steroid dienone is 1. The van der Waals surface area contributed by atoms with Gasteiger partial charge in [0.15, 0.2) is 11.0 Å². The fraction of sp³-hybridized carbons (Fsp3) is 0.238. The van der Waals surface area contributed by atoms with E-state index in [0.717, 1.165) is 27.9 Å². The van der Waals surface area contributed by atoms with Crippen molar-refractivity contribution in [2.24, 2.45) is 0 Å². The lowest BCUT2D eigenvalue weighted by Gasteiger charge is -2.13. The SMILES string of the molecule is C=CCn1c(SC[C@@H](O)COc2cccc(C)c2)nnc1-c1ccccc1. The topological polar surface area (TPSA) is 60.2 Å². The van der Waals surface area contributed by atoms with Crippen LogP contribution >= 0.6 is 11.8 Å². The number of aliphatic hydroxyl groups excluding tert-OH is 1. The normalized spacial score (nSPS) is 11.9. The molecule has 0 fully saturated rings. The Balaban J connectivity index is 1.61. The number of aromatic nitrogens is 3. The molecule has 1 heterocycles. The highest BCUT2D eigenvalue weighted by atomic mass is 32.2. The molecule has 1 atom stereocenters. The molecule has 27 heavy (non-hydrogen) atoms. The van der Waals surface area contributed by atoms with Gasteiger partial charge in [0.25, 0.3) is 0 Å². The summed E-state index contributed by atoms with van der Waals surface area (Å²) in [5.74, 6) is 2.03. The Morgan fingerprint density at radius 2 is 2.00 bits per heavy atom. The number of aryl methyl sites for hydroxylation is 1. The van der Waals surface area contributed by atoms with Crippen molar-refractivity contribution in [3.05, 3.63) is 72.8 Å². The molecule has 0 amide bonds. The number of rotatable bonds is 9. The first-order chi connectivity index (χ1) is 13.2. The van der Waals surface area contributed by atoms with E-state index in [1.807, 2.05) is 72.2 Å². The fourth-order valence-corrected chi connectivity index (χ4v) is 3.46. The van der Waals surface area contributed by atoms with Gasteiger partial charge in [-0.2, -0.15) is 0 Å². The van der Waals surface area contributed by atoms with E-state index in [-0.39, 0.29) is 6.61 Å². The van der Waals surface area contributed by atoms with Crippen LogP contribution in [0.4, 0.5) is 0 Å². The van der Waals surface area contributed by atoms with Gasteiger partial charge in [0, 0.05) is 17.9 Å². The molecule has 3 rings (SSSR count). The highest BCUT2D eigenvalue weighted by molar-refractivity contribution is 7.99. The molecule has 6 heteroatoms. The molecule has 0 saturated carbocycles. The highest BCUT2D eigenvalue weighted by Gasteiger charge is 2.15. The molecule has 1 aromatic heterocycles. The molecule has 1 N–H and O–H groups in total. The Bertz CT molecular complexity index is 880. The van der Waals surface area contributed by atoms with Crippen LogP contribution in [0.25, 0.3) is 11.4 Å².